The predicted octanol–water partition coefficient (Wildman–Crippen LogP) is 0.599. The van der Waals surface area contributed by atoms with E-state index >= 15 is 0 Å². The Morgan fingerprint density at radius 2 is 1.97 bits per heavy atom. The Balaban J connectivity index is 1.53. The monoisotopic (exact) mass is 503 g/mol. The molecule has 1 aromatic carbocycles. The molecule has 1 aromatic rings. The number of nitrogens with two attached hydrogens (primary N) is 1. The molecule has 5 amide bonds. The summed E-state index contributed by atoms with van der Waals surface area (Å²) in [6, 6.07) is 4.21. The number of nitrogens with one attached hydrogen (secondary N) is 2. The summed E-state index contributed by atoms with van der Waals surface area (Å²) in [5, 5.41) is 5.01. The highest BCUT2D eigenvalue weighted by Gasteiger charge is 2.40. The van der Waals surface area contributed by atoms with Gasteiger partial charge in [-0.15, -0.1) is 0 Å². The molecule has 1 fully saturated rings. The molecule has 1 unspecified atom stereocenters. The zero-order valence-corrected chi connectivity index (χ0v) is 20.8. The van der Waals surface area contributed by atoms with Gasteiger partial charge in [-0.2, -0.15) is 0 Å². The number of amides is 5. The summed E-state index contributed by atoms with van der Waals surface area (Å²) in [5.41, 5.74) is 6.37. The lowest BCUT2D eigenvalue weighted by Gasteiger charge is -2.29. The average Bonchev–Trinajstić information content (AvgIpc) is 3.12. The van der Waals surface area contributed by atoms with Gasteiger partial charge in [-0.25, -0.2) is 4.79 Å². The molecular formula is C24H33N5O7. The molecule has 1 saturated heterocycles. The number of nitrogens with zero attached hydrogens (tertiary/aromatic N) is 2. The third kappa shape index (κ3) is 6.79. The topological polar surface area (TPSA) is 160 Å². The number of piperidine rings is 1. The molecule has 0 aliphatic carbocycles. The number of carbonyl (C=O) groups is 5. The number of hydrogen-bond donors (Lipinski definition) is 3. The number of fused-ring (bicyclic) bond motifs is 1. The molecule has 12 nitrogen and oxygen atoms in total. The number of carbonyl (C=O) groups excluding carboxylic acids is 5. The molecule has 0 radical (unpaired) electrons. The first-order chi connectivity index (χ1) is 17.0. The van der Waals surface area contributed by atoms with Crippen molar-refractivity contribution in [2.75, 3.05) is 38.2 Å². The van der Waals surface area contributed by atoms with Gasteiger partial charge in [0.2, 0.25) is 17.7 Å². The summed E-state index contributed by atoms with van der Waals surface area (Å²) >= 11 is 0. The smallest absolute Gasteiger partial charge is 0.410 e. The summed E-state index contributed by atoms with van der Waals surface area (Å²) in [6.07, 6.45) is -0.0931. The van der Waals surface area contributed by atoms with Crippen molar-refractivity contribution in [3.05, 3.63) is 29.3 Å². The van der Waals surface area contributed by atoms with E-state index in [9.17, 15) is 24.0 Å². The third-order valence-electron chi connectivity index (χ3n) is 5.65. The van der Waals surface area contributed by atoms with Crippen LogP contribution >= 0.6 is 0 Å². The van der Waals surface area contributed by atoms with Gasteiger partial charge in [-0.3, -0.25) is 24.5 Å². The molecule has 0 bridgehead atoms. The van der Waals surface area contributed by atoms with Gasteiger partial charge < -0.3 is 30.3 Å². The van der Waals surface area contributed by atoms with E-state index < -0.39 is 29.6 Å². The van der Waals surface area contributed by atoms with Crippen molar-refractivity contribution in [1.29, 1.82) is 0 Å². The first kappa shape index (κ1) is 27.1. The SMILES string of the molecule is CC(C)(C)OC(=O)N(CCN)CCOCC(=O)Nc1cccc2c1CN(C1CCC(=O)NC1=O)C2=O. The van der Waals surface area contributed by atoms with Crippen LogP contribution in [-0.4, -0.2) is 84.0 Å². The van der Waals surface area contributed by atoms with E-state index in [1.165, 1.54) is 9.80 Å². The van der Waals surface area contributed by atoms with E-state index in [-0.39, 0.29) is 57.5 Å². The van der Waals surface area contributed by atoms with Gasteiger partial charge in [0.25, 0.3) is 5.91 Å². The van der Waals surface area contributed by atoms with Gasteiger partial charge in [0.15, 0.2) is 0 Å². The van der Waals surface area contributed by atoms with Crippen LogP contribution in [0.25, 0.3) is 0 Å². The van der Waals surface area contributed by atoms with Crippen molar-refractivity contribution >= 4 is 35.4 Å². The van der Waals surface area contributed by atoms with Gasteiger partial charge in [0.05, 0.1) is 6.61 Å². The number of anilines is 1. The number of benzene rings is 1. The first-order valence-electron chi connectivity index (χ1n) is 11.8. The zero-order chi connectivity index (χ0) is 26.5. The maximum Gasteiger partial charge on any atom is 0.410 e. The van der Waals surface area contributed by atoms with E-state index in [1.807, 2.05) is 0 Å². The molecule has 2 aliphatic heterocycles. The molecule has 2 aliphatic rings. The zero-order valence-electron chi connectivity index (χ0n) is 20.8. The average molecular weight is 504 g/mol. The number of rotatable bonds is 9. The largest absolute Gasteiger partial charge is 0.444 e. The third-order valence-corrected chi connectivity index (χ3v) is 5.65. The van der Waals surface area contributed by atoms with Crippen LogP contribution in [0, 0.1) is 0 Å². The Morgan fingerprint density at radius 3 is 2.64 bits per heavy atom. The summed E-state index contributed by atoms with van der Waals surface area (Å²) in [4.78, 5) is 64.2. The predicted molar refractivity (Wildman–Crippen MR) is 129 cm³/mol. The van der Waals surface area contributed by atoms with E-state index in [1.54, 1.807) is 39.0 Å². The van der Waals surface area contributed by atoms with Crippen LogP contribution in [0.1, 0.15) is 49.5 Å². The Kier molecular flexibility index (Phi) is 8.64. The molecule has 36 heavy (non-hydrogen) atoms. The van der Waals surface area contributed by atoms with E-state index in [0.717, 1.165) is 0 Å². The lowest BCUT2D eigenvalue weighted by molar-refractivity contribution is -0.137. The normalized spacial score (nSPS) is 17.5. The van der Waals surface area contributed by atoms with Gasteiger partial charge in [-0.05, 0) is 39.3 Å². The molecule has 12 heteroatoms. The summed E-state index contributed by atoms with van der Waals surface area (Å²) < 4.78 is 10.8. The Bertz CT molecular complexity index is 1040. The maximum atomic E-state index is 12.9. The molecule has 1 atom stereocenters. The summed E-state index contributed by atoms with van der Waals surface area (Å²) in [5.74, 6) is -1.61. The van der Waals surface area contributed by atoms with Crippen molar-refractivity contribution < 1.29 is 33.4 Å². The highest BCUT2D eigenvalue weighted by Crippen LogP contribution is 2.32. The van der Waals surface area contributed by atoms with Crippen LogP contribution in [0.2, 0.25) is 0 Å². The fourth-order valence-electron chi connectivity index (χ4n) is 4.01. The molecule has 4 N–H and O–H groups in total. The molecule has 2 heterocycles. The fraction of sp³-hybridized carbons (Fsp3) is 0.542. The lowest BCUT2D eigenvalue weighted by atomic mass is 10.0. The van der Waals surface area contributed by atoms with Crippen molar-refractivity contribution in [3.8, 4) is 0 Å². The van der Waals surface area contributed by atoms with Gasteiger partial charge in [0, 0.05) is 49.4 Å². The Labute approximate surface area is 209 Å². The Hall–Kier alpha value is -3.51. The quantitative estimate of drug-likeness (QED) is 0.326. The van der Waals surface area contributed by atoms with Crippen molar-refractivity contribution in [2.45, 2.75) is 51.8 Å². The van der Waals surface area contributed by atoms with Gasteiger partial charge in [0.1, 0.15) is 18.2 Å². The fourth-order valence-corrected chi connectivity index (χ4v) is 4.01. The minimum absolute atomic E-state index is 0.0985. The van der Waals surface area contributed by atoms with Crippen molar-refractivity contribution in [2.24, 2.45) is 5.73 Å². The van der Waals surface area contributed by atoms with Crippen LogP contribution in [0.5, 0.6) is 0 Å². The van der Waals surface area contributed by atoms with Crippen LogP contribution in [0.4, 0.5) is 10.5 Å². The number of ether oxygens (including phenoxy) is 2. The van der Waals surface area contributed by atoms with Crippen LogP contribution in [-0.2, 0) is 30.4 Å². The van der Waals surface area contributed by atoms with Crippen LogP contribution < -0.4 is 16.4 Å². The van der Waals surface area contributed by atoms with E-state index in [2.05, 4.69) is 10.6 Å². The second-order valence-corrected chi connectivity index (χ2v) is 9.59. The Morgan fingerprint density at radius 1 is 1.22 bits per heavy atom. The second-order valence-electron chi connectivity index (χ2n) is 9.59. The maximum absolute atomic E-state index is 12.9. The second kappa shape index (κ2) is 11.5. The standard InChI is InChI=1S/C24H33N5O7/c1-24(2,3)36-23(34)28(10-9-25)11-12-35-14-20(31)26-17-6-4-5-15-16(17)13-29(22(15)33)18-7-8-19(30)27-21(18)32/h4-6,18H,7-14,25H2,1-3H3,(H,26,31)(H,27,30,32). The molecule has 0 spiro atoms. The summed E-state index contributed by atoms with van der Waals surface area (Å²) in [7, 11) is 0. The van der Waals surface area contributed by atoms with Crippen molar-refractivity contribution in [3.63, 3.8) is 0 Å². The molecule has 0 aromatic heterocycles. The number of imide groups is 1. The minimum Gasteiger partial charge on any atom is -0.444 e. The lowest BCUT2D eigenvalue weighted by Crippen LogP contribution is -2.52. The van der Waals surface area contributed by atoms with Crippen molar-refractivity contribution in [1.82, 2.24) is 15.1 Å². The summed E-state index contributed by atoms with van der Waals surface area (Å²) in [6.45, 7) is 6.03. The minimum atomic E-state index is -0.740. The number of hydrogen-bond acceptors (Lipinski definition) is 8. The molecule has 0 saturated carbocycles. The molecule has 196 valence electrons. The van der Waals surface area contributed by atoms with Crippen LogP contribution in [0.15, 0.2) is 18.2 Å². The van der Waals surface area contributed by atoms with E-state index in [4.69, 9.17) is 15.2 Å². The van der Waals surface area contributed by atoms with Crippen LogP contribution in [0.3, 0.4) is 0 Å². The molecular weight excluding hydrogens is 470 g/mol. The highest BCUT2D eigenvalue weighted by molar-refractivity contribution is 6.06. The highest BCUT2D eigenvalue weighted by atomic mass is 16.6. The van der Waals surface area contributed by atoms with Gasteiger partial charge in [-0.1, -0.05) is 6.07 Å². The van der Waals surface area contributed by atoms with E-state index in [0.29, 0.717) is 23.4 Å². The molecule has 3 rings (SSSR count). The first-order valence-corrected chi connectivity index (χ1v) is 11.8. The van der Waals surface area contributed by atoms with Gasteiger partial charge >= 0.3 is 6.09 Å².